The van der Waals surface area contributed by atoms with Crippen molar-refractivity contribution in [1.82, 2.24) is 14.9 Å². The van der Waals surface area contributed by atoms with Gasteiger partial charge in [0.25, 0.3) is 5.56 Å². The lowest BCUT2D eigenvalue weighted by Crippen LogP contribution is -2.36. The van der Waals surface area contributed by atoms with Gasteiger partial charge >= 0.3 is 5.69 Å². The molecule has 2 N–H and O–H groups in total. The summed E-state index contributed by atoms with van der Waals surface area (Å²) in [7, 11) is 0. The number of nitrogens with zero attached hydrogens (tertiary/aromatic N) is 1. The number of amides is 1. The minimum Gasteiger partial charge on any atom is -0.348 e. The molecule has 8 heteroatoms. The molecule has 1 atom stereocenters. The summed E-state index contributed by atoms with van der Waals surface area (Å²) >= 11 is 0. The Hall–Kier alpha value is -2.77. The quantitative estimate of drug-likeness (QED) is 0.871. The minimum absolute atomic E-state index is 0.128. The standard InChI is InChI=1S/C14H13F2N3O3/c1-8(10-3-2-9(15)6-11(10)16)17-13(21)7-19-5-4-12(20)18-14(19)22/h2-6,8H,7H2,1H3,(H,17,21)(H,18,20,22)/t8-/m0/s1. The third-order valence-electron chi connectivity index (χ3n) is 3.02. The third kappa shape index (κ3) is 3.66. The number of aromatic nitrogens is 2. The third-order valence-corrected chi connectivity index (χ3v) is 3.02. The molecular weight excluding hydrogens is 296 g/mol. The van der Waals surface area contributed by atoms with Crippen LogP contribution in [0.15, 0.2) is 40.1 Å². The fourth-order valence-corrected chi connectivity index (χ4v) is 1.94. The number of halogens is 2. The molecule has 1 amide bonds. The number of rotatable bonds is 4. The zero-order chi connectivity index (χ0) is 16.3. The largest absolute Gasteiger partial charge is 0.348 e. The van der Waals surface area contributed by atoms with Crippen LogP contribution < -0.4 is 16.6 Å². The Kier molecular flexibility index (Phi) is 4.50. The van der Waals surface area contributed by atoms with E-state index in [1.807, 2.05) is 4.98 Å². The molecule has 0 radical (unpaired) electrons. The van der Waals surface area contributed by atoms with Gasteiger partial charge in [-0.05, 0) is 13.0 Å². The molecule has 1 aromatic carbocycles. The van der Waals surface area contributed by atoms with E-state index in [4.69, 9.17) is 0 Å². The molecule has 0 saturated heterocycles. The Balaban J connectivity index is 2.08. The van der Waals surface area contributed by atoms with Crippen LogP contribution >= 0.6 is 0 Å². The summed E-state index contributed by atoms with van der Waals surface area (Å²) in [5.74, 6) is -2.03. The van der Waals surface area contributed by atoms with Crippen LogP contribution in [0.3, 0.4) is 0 Å². The van der Waals surface area contributed by atoms with Gasteiger partial charge in [-0.3, -0.25) is 19.1 Å². The molecule has 0 unspecified atom stereocenters. The molecular formula is C14H13F2N3O3. The molecule has 1 heterocycles. The van der Waals surface area contributed by atoms with Crippen molar-refractivity contribution in [3.05, 3.63) is 68.5 Å². The van der Waals surface area contributed by atoms with Gasteiger partial charge < -0.3 is 5.32 Å². The van der Waals surface area contributed by atoms with Gasteiger partial charge in [0, 0.05) is 23.9 Å². The fourth-order valence-electron chi connectivity index (χ4n) is 1.94. The van der Waals surface area contributed by atoms with Crippen molar-refractivity contribution in [2.75, 3.05) is 0 Å². The molecule has 0 aliphatic heterocycles. The smallest absolute Gasteiger partial charge is 0.328 e. The van der Waals surface area contributed by atoms with Gasteiger partial charge in [0.1, 0.15) is 18.2 Å². The van der Waals surface area contributed by atoms with E-state index in [0.717, 1.165) is 22.8 Å². The zero-order valence-electron chi connectivity index (χ0n) is 11.6. The average molecular weight is 309 g/mol. The van der Waals surface area contributed by atoms with Gasteiger partial charge in [0.15, 0.2) is 0 Å². The Labute approximate surface area is 123 Å². The molecule has 0 saturated carbocycles. The van der Waals surface area contributed by atoms with E-state index in [2.05, 4.69) is 5.32 Å². The fraction of sp³-hybridized carbons (Fsp3) is 0.214. The second-order valence-electron chi connectivity index (χ2n) is 4.69. The van der Waals surface area contributed by atoms with Gasteiger partial charge in [-0.15, -0.1) is 0 Å². The lowest BCUT2D eigenvalue weighted by molar-refractivity contribution is -0.122. The maximum Gasteiger partial charge on any atom is 0.328 e. The molecule has 6 nitrogen and oxygen atoms in total. The van der Waals surface area contributed by atoms with Crippen LogP contribution in [0.25, 0.3) is 0 Å². The van der Waals surface area contributed by atoms with E-state index >= 15 is 0 Å². The van der Waals surface area contributed by atoms with Crippen LogP contribution in [0, 0.1) is 11.6 Å². The van der Waals surface area contributed by atoms with E-state index in [9.17, 15) is 23.2 Å². The normalized spacial score (nSPS) is 12.0. The molecule has 0 bridgehead atoms. The molecule has 0 aliphatic carbocycles. The number of hydrogen-bond donors (Lipinski definition) is 2. The molecule has 22 heavy (non-hydrogen) atoms. The summed E-state index contributed by atoms with van der Waals surface area (Å²) in [5.41, 5.74) is -1.16. The van der Waals surface area contributed by atoms with Crippen molar-refractivity contribution in [2.24, 2.45) is 0 Å². The van der Waals surface area contributed by atoms with E-state index in [-0.39, 0.29) is 12.1 Å². The highest BCUT2D eigenvalue weighted by molar-refractivity contribution is 5.76. The second kappa shape index (κ2) is 6.33. The first-order chi connectivity index (χ1) is 10.4. The number of carbonyl (C=O) groups is 1. The number of nitrogens with one attached hydrogen (secondary N) is 2. The van der Waals surface area contributed by atoms with Crippen molar-refractivity contribution in [3.63, 3.8) is 0 Å². The van der Waals surface area contributed by atoms with E-state index in [1.54, 1.807) is 0 Å². The summed E-state index contributed by atoms with van der Waals surface area (Å²) < 4.78 is 27.4. The number of benzene rings is 1. The van der Waals surface area contributed by atoms with Gasteiger partial charge in [0.2, 0.25) is 5.91 Å². The summed E-state index contributed by atoms with van der Waals surface area (Å²) in [4.78, 5) is 36.2. The van der Waals surface area contributed by atoms with E-state index in [1.165, 1.54) is 19.2 Å². The summed E-state index contributed by atoms with van der Waals surface area (Å²) in [6.07, 6.45) is 1.18. The molecule has 2 aromatic rings. The Bertz CT molecular complexity index is 813. The van der Waals surface area contributed by atoms with Crippen molar-refractivity contribution >= 4 is 5.91 Å². The van der Waals surface area contributed by atoms with Crippen LogP contribution in [0.1, 0.15) is 18.5 Å². The van der Waals surface area contributed by atoms with Gasteiger partial charge in [-0.2, -0.15) is 0 Å². The van der Waals surface area contributed by atoms with Crippen LogP contribution in [0.4, 0.5) is 8.78 Å². The molecule has 2 rings (SSSR count). The SMILES string of the molecule is C[C@H](NC(=O)Cn1ccc(=O)[nH]c1=O)c1ccc(F)cc1F. The first-order valence-corrected chi connectivity index (χ1v) is 6.41. The van der Waals surface area contributed by atoms with Crippen molar-refractivity contribution < 1.29 is 13.6 Å². The number of H-pyrrole nitrogens is 1. The van der Waals surface area contributed by atoms with Crippen molar-refractivity contribution in [1.29, 1.82) is 0 Å². The molecule has 1 aromatic heterocycles. The van der Waals surface area contributed by atoms with Gasteiger partial charge in [-0.25, -0.2) is 13.6 Å². The summed E-state index contributed by atoms with van der Waals surface area (Å²) in [6, 6.07) is 3.46. The van der Waals surface area contributed by atoms with Crippen LogP contribution in [-0.2, 0) is 11.3 Å². The highest BCUT2D eigenvalue weighted by atomic mass is 19.1. The van der Waals surface area contributed by atoms with Crippen LogP contribution in [0.5, 0.6) is 0 Å². The molecule has 116 valence electrons. The van der Waals surface area contributed by atoms with Gasteiger partial charge in [0.05, 0.1) is 6.04 Å². The molecule has 0 spiro atoms. The monoisotopic (exact) mass is 309 g/mol. The van der Waals surface area contributed by atoms with Crippen molar-refractivity contribution in [2.45, 2.75) is 19.5 Å². The molecule has 0 aliphatic rings. The van der Waals surface area contributed by atoms with E-state index < -0.39 is 34.8 Å². The van der Waals surface area contributed by atoms with Gasteiger partial charge in [-0.1, -0.05) is 6.07 Å². The first kappa shape index (κ1) is 15.6. The Morgan fingerprint density at radius 3 is 2.68 bits per heavy atom. The highest BCUT2D eigenvalue weighted by Gasteiger charge is 2.14. The lowest BCUT2D eigenvalue weighted by Gasteiger charge is -2.15. The molecule has 0 fully saturated rings. The predicted molar refractivity (Wildman–Crippen MR) is 74.2 cm³/mol. The maximum atomic E-state index is 13.6. The predicted octanol–water partition coefficient (Wildman–Crippen LogP) is 0.692. The highest BCUT2D eigenvalue weighted by Crippen LogP contribution is 2.17. The minimum atomic E-state index is -0.769. The summed E-state index contributed by atoms with van der Waals surface area (Å²) in [5, 5.41) is 2.49. The van der Waals surface area contributed by atoms with E-state index in [0.29, 0.717) is 0 Å². The average Bonchev–Trinajstić information content (AvgIpc) is 2.41. The summed E-state index contributed by atoms with van der Waals surface area (Å²) in [6.45, 7) is 1.20. The van der Waals surface area contributed by atoms with Crippen LogP contribution in [0.2, 0.25) is 0 Å². The zero-order valence-corrected chi connectivity index (χ0v) is 11.6. The Morgan fingerprint density at radius 2 is 2.05 bits per heavy atom. The van der Waals surface area contributed by atoms with Crippen molar-refractivity contribution in [3.8, 4) is 0 Å². The number of aromatic amines is 1. The van der Waals surface area contributed by atoms with Crippen LogP contribution in [-0.4, -0.2) is 15.5 Å². The maximum absolute atomic E-state index is 13.6. The number of carbonyl (C=O) groups excluding carboxylic acids is 1. The number of hydrogen-bond acceptors (Lipinski definition) is 3. The first-order valence-electron chi connectivity index (χ1n) is 6.41. The lowest BCUT2D eigenvalue weighted by atomic mass is 10.1. The second-order valence-corrected chi connectivity index (χ2v) is 4.69. The topological polar surface area (TPSA) is 84.0 Å². The Morgan fingerprint density at radius 1 is 1.32 bits per heavy atom.